The van der Waals surface area contributed by atoms with Crippen LogP contribution < -0.4 is 0 Å². The van der Waals surface area contributed by atoms with Crippen LogP contribution in [0.5, 0.6) is 0 Å². The summed E-state index contributed by atoms with van der Waals surface area (Å²) < 4.78 is 6.28. The SMILES string of the molecule is O=[N+]([O-])c1ccc(Sc2nnc(-c3ccccc3Br)o2)c([N+](=O)[O-])c1. The molecule has 1 heterocycles. The molecule has 0 bridgehead atoms. The van der Waals surface area contributed by atoms with Crippen LogP contribution in [-0.2, 0) is 0 Å². The lowest BCUT2D eigenvalue weighted by Gasteiger charge is -2.00. The molecule has 0 N–H and O–H groups in total. The van der Waals surface area contributed by atoms with Gasteiger partial charge in [0.1, 0.15) is 0 Å². The van der Waals surface area contributed by atoms with E-state index >= 15 is 0 Å². The van der Waals surface area contributed by atoms with E-state index in [1.807, 2.05) is 12.1 Å². The first kappa shape index (κ1) is 17.0. The first-order valence-electron chi connectivity index (χ1n) is 6.65. The van der Waals surface area contributed by atoms with Crippen molar-refractivity contribution in [2.24, 2.45) is 0 Å². The molecule has 0 aliphatic rings. The topological polar surface area (TPSA) is 125 Å². The maximum atomic E-state index is 11.2. The Morgan fingerprint density at radius 2 is 1.80 bits per heavy atom. The van der Waals surface area contributed by atoms with E-state index in [-0.39, 0.29) is 21.7 Å². The molecule has 0 unspecified atom stereocenters. The first-order valence-corrected chi connectivity index (χ1v) is 8.26. The van der Waals surface area contributed by atoms with Crippen LogP contribution in [0.4, 0.5) is 11.4 Å². The van der Waals surface area contributed by atoms with Crippen molar-refractivity contribution in [2.75, 3.05) is 0 Å². The molecule has 0 amide bonds. The van der Waals surface area contributed by atoms with E-state index in [0.29, 0.717) is 5.56 Å². The number of non-ortho nitro benzene ring substituents is 1. The molecule has 0 atom stereocenters. The predicted octanol–water partition coefficient (Wildman–Crippen LogP) is 4.47. The summed E-state index contributed by atoms with van der Waals surface area (Å²) >= 11 is 4.24. The molecule has 3 aromatic rings. The molecule has 126 valence electrons. The second-order valence-electron chi connectivity index (χ2n) is 4.62. The standard InChI is InChI=1S/C14H7BrN4O5S/c15-10-4-2-1-3-9(10)13-16-17-14(24-13)25-12-6-5-8(18(20)21)7-11(12)19(22)23/h1-7H. The van der Waals surface area contributed by atoms with Gasteiger partial charge in [-0.1, -0.05) is 12.1 Å². The third-order valence-corrected chi connectivity index (χ3v) is 4.65. The van der Waals surface area contributed by atoms with E-state index < -0.39 is 15.5 Å². The Kier molecular flexibility index (Phi) is 4.76. The summed E-state index contributed by atoms with van der Waals surface area (Å²) in [5, 5.41) is 29.8. The number of nitrogens with zero attached hydrogens (tertiary/aromatic N) is 4. The normalized spacial score (nSPS) is 10.6. The van der Waals surface area contributed by atoms with Crippen LogP contribution in [-0.4, -0.2) is 20.0 Å². The monoisotopic (exact) mass is 422 g/mol. The van der Waals surface area contributed by atoms with Crippen LogP contribution in [0.15, 0.2) is 61.5 Å². The molecule has 0 fully saturated rings. The van der Waals surface area contributed by atoms with Gasteiger partial charge in [0.05, 0.1) is 26.4 Å². The molecule has 3 rings (SSSR count). The number of aromatic nitrogens is 2. The van der Waals surface area contributed by atoms with Crippen LogP contribution in [0.1, 0.15) is 0 Å². The fraction of sp³-hybridized carbons (Fsp3) is 0. The molecule has 0 saturated heterocycles. The van der Waals surface area contributed by atoms with Gasteiger partial charge in [-0.25, -0.2) is 0 Å². The maximum absolute atomic E-state index is 11.2. The van der Waals surface area contributed by atoms with Crippen molar-refractivity contribution in [3.05, 3.63) is 67.2 Å². The van der Waals surface area contributed by atoms with Gasteiger partial charge in [0.25, 0.3) is 16.6 Å². The lowest BCUT2D eigenvalue weighted by atomic mass is 10.2. The van der Waals surface area contributed by atoms with E-state index in [2.05, 4.69) is 26.1 Å². The summed E-state index contributed by atoms with van der Waals surface area (Å²) in [6.07, 6.45) is 0. The number of nitro benzene ring substituents is 2. The van der Waals surface area contributed by atoms with E-state index in [1.54, 1.807) is 12.1 Å². The number of nitro groups is 2. The van der Waals surface area contributed by atoms with E-state index in [1.165, 1.54) is 12.1 Å². The van der Waals surface area contributed by atoms with Gasteiger partial charge in [-0.2, -0.15) is 0 Å². The number of benzene rings is 2. The molecular formula is C14H7BrN4O5S. The van der Waals surface area contributed by atoms with Gasteiger partial charge >= 0.3 is 0 Å². The molecule has 9 nitrogen and oxygen atoms in total. The predicted molar refractivity (Wildman–Crippen MR) is 91.3 cm³/mol. The summed E-state index contributed by atoms with van der Waals surface area (Å²) in [4.78, 5) is 20.7. The zero-order valence-electron chi connectivity index (χ0n) is 12.2. The molecule has 11 heteroatoms. The smallest absolute Gasteiger partial charge is 0.290 e. The summed E-state index contributed by atoms with van der Waals surface area (Å²) in [6.45, 7) is 0. The average Bonchev–Trinajstić information content (AvgIpc) is 3.03. The number of rotatable bonds is 5. The Morgan fingerprint density at radius 1 is 1.04 bits per heavy atom. The zero-order valence-corrected chi connectivity index (χ0v) is 14.6. The number of halogens is 1. The van der Waals surface area contributed by atoms with Crippen LogP contribution in [0.3, 0.4) is 0 Å². The number of hydrogen-bond acceptors (Lipinski definition) is 8. The van der Waals surface area contributed by atoms with Crippen LogP contribution in [0.2, 0.25) is 0 Å². The lowest BCUT2D eigenvalue weighted by molar-refractivity contribution is -0.396. The van der Waals surface area contributed by atoms with E-state index in [9.17, 15) is 20.2 Å². The molecule has 1 aromatic heterocycles. The van der Waals surface area contributed by atoms with Gasteiger partial charge in [-0.3, -0.25) is 20.2 Å². The second kappa shape index (κ2) is 6.99. The van der Waals surface area contributed by atoms with Gasteiger partial charge in [0.15, 0.2) is 0 Å². The fourth-order valence-corrected chi connectivity index (χ4v) is 3.16. The molecule has 0 aliphatic heterocycles. The number of hydrogen-bond donors (Lipinski definition) is 0. The molecule has 0 spiro atoms. The Morgan fingerprint density at radius 3 is 2.48 bits per heavy atom. The highest BCUT2D eigenvalue weighted by Gasteiger charge is 2.22. The quantitative estimate of drug-likeness (QED) is 0.435. The minimum absolute atomic E-state index is 0.0858. The van der Waals surface area contributed by atoms with Gasteiger partial charge in [0, 0.05) is 10.5 Å². The highest BCUT2D eigenvalue weighted by Crippen LogP contribution is 2.37. The van der Waals surface area contributed by atoms with Crippen LogP contribution in [0, 0.1) is 20.2 Å². The van der Waals surface area contributed by atoms with E-state index in [4.69, 9.17) is 4.42 Å². The third kappa shape index (κ3) is 3.67. The highest BCUT2D eigenvalue weighted by atomic mass is 79.9. The van der Waals surface area contributed by atoms with Crippen LogP contribution in [0.25, 0.3) is 11.5 Å². The van der Waals surface area contributed by atoms with Crippen molar-refractivity contribution in [3.63, 3.8) is 0 Å². The van der Waals surface area contributed by atoms with Crippen molar-refractivity contribution < 1.29 is 14.3 Å². The van der Waals surface area contributed by atoms with E-state index in [0.717, 1.165) is 22.3 Å². The van der Waals surface area contributed by atoms with Crippen molar-refractivity contribution in [1.29, 1.82) is 0 Å². The molecular weight excluding hydrogens is 416 g/mol. The van der Waals surface area contributed by atoms with Crippen molar-refractivity contribution in [1.82, 2.24) is 10.2 Å². The molecule has 0 saturated carbocycles. The minimum atomic E-state index is -0.695. The van der Waals surface area contributed by atoms with Crippen LogP contribution >= 0.6 is 27.7 Å². The van der Waals surface area contributed by atoms with Crippen molar-refractivity contribution in [3.8, 4) is 11.5 Å². The summed E-state index contributed by atoms with van der Waals surface area (Å²) in [5.41, 5.74) is -0.0876. The molecule has 25 heavy (non-hydrogen) atoms. The van der Waals surface area contributed by atoms with Gasteiger partial charge in [-0.15, -0.1) is 10.2 Å². The fourth-order valence-electron chi connectivity index (χ4n) is 1.94. The molecule has 0 aliphatic carbocycles. The zero-order chi connectivity index (χ0) is 18.0. The summed E-state index contributed by atoms with van der Waals surface area (Å²) in [5.74, 6) is 0.250. The Labute approximate surface area is 152 Å². The second-order valence-corrected chi connectivity index (χ2v) is 6.47. The molecule has 0 radical (unpaired) electrons. The largest absolute Gasteiger partial charge is 0.411 e. The van der Waals surface area contributed by atoms with Crippen molar-refractivity contribution >= 4 is 39.1 Å². The minimum Gasteiger partial charge on any atom is -0.411 e. The van der Waals surface area contributed by atoms with Gasteiger partial charge in [0.2, 0.25) is 5.89 Å². The summed E-state index contributed by atoms with van der Waals surface area (Å²) in [7, 11) is 0. The average molecular weight is 423 g/mol. The van der Waals surface area contributed by atoms with Crippen molar-refractivity contribution in [2.45, 2.75) is 10.1 Å². The molecule has 2 aromatic carbocycles. The first-order chi connectivity index (χ1) is 12.0. The summed E-state index contributed by atoms with van der Waals surface area (Å²) in [6, 6.07) is 10.6. The highest BCUT2D eigenvalue weighted by molar-refractivity contribution is 9.10. The lowest BCUT2D eigenvalue weighted by Crippen LogP contribution is -1.94. The Balaban J connectivity index is 1.92. The maximum Gasteiger partial charge on any atom is 0.290 e. The van der Waals surface area contributed by atoms with Gasteiger partial charge in [-0.05, 0) is 45.9 Å². The third-order valence-electron chi connectivity index (χ3n) is 3.06. The Bertz CT molecular complexity index is 977. The Hall–Kier alpha value is -2.79. The van der Waals surface area contributed by atoms with Gasteiger partial charge < -0.3 is 4.42 Å².